The molecule has 3 rings (SSSR count). The highest BCUT2D eigenvalue weighted by molar-refractivity contribution is 5.67. The number of rotatable bonds is 7. The molecule has 2 heterocycles. The number of benzene rings is 1. The Morgan fingerprint density at radius 3 is 2.86 bits per heavy atom. The fraction of sp³-hybridized carbons (Fsp3) is 0.500. The summed E-state index contributed by atoms with van der Waals surface area (Å²) in [6, 6.07) is 9.70. The van der Waals surface area contributed by atoms with E-state index in [0.717, 1.165) is 17.2 Å². The molecule has 0 spiro atoms. The second kappa shape index (κ2) is 9.57. The third-order valence-corrected chi connectivity index (χ3v) is 4.74. The van der Waals surface area contributed by atoms with Gasteiger partial charge in [-0.15, -0.1) is 0 Å². The molecule has 0 saturated carbocycles. The van der Waals surface area contributed by atoms with Gasteiger partial charge in [-0.05, 0) is 5.56 Å². The summed E-state index contributed by atoms with van der Waals surface area (Å²) >= 11 is 0. The molecule has 152 valence electrons. The number of imidazole rings is 1. The Morgan fingerprint density at radius 2 is 2.14 bits per heavy atom. The molecule has 0 bridgehead atoms. The Morgan fingerprint density at radius 1 is 1.36 bits per heavy atom. The second-order valence-corrected chi connectivity index (χ2v) is 7.11. The van der Waals surface area contributed by atoms with E-state index in [1.807, 2.05) is 62.6 Å². The summed E-state index contributed by atoms with van der Waals surface area (Å²) in [5.74, 6) is 0.915. The minimum atomic E-state index is -0.292. The molecule has 0 radical (unpaired) electrons. The van der Waals surface area contributed by atoms with E-state index in [1.165, 1.54) is 0 Å². The minimum Gasteiger partial charge on any atom is -0.445 e. The van der Waals surface area contributed by atoms with Crippen LogP contribution in [0.1, 0.15) is 11.3 Å². The van der Waals surface area contributed by atoms with Crippen LogP contribution in [-0.2, 0) is 29.7 Å². The van der Waals surface area contributed by atoms with Gasteiger partial charge in [0.1, 0.15) is 6.61 Å². The molecule has 2 aromatic rings. The number of anilines is 1. The fourth-order valence-electron chi connectivity index (χ4n) is 3.19. The molecule has 1 atom stereocenters. The van der Waals surface area contributed by atoms with Crippen molar-refractivity contribution in [1.29, 1.82) is 0 Å². The van der Waals surface area contributed by atoms with Gasteiger partial charge in [-0.3, -0.25) is 0 Å². The van der Waals surface area contributed by atoms with E-state index in [9.17, 15) is 4.79 Å². The van der Waals surface area contributed by atoms with Crippen LogP contribution in [0.2, 0.25) is 0 Å². The van der Waals surface area contributed by atoms with Crippen molar-refractivity contribution in [1.82, 2.24) is 19.8 Å². The van der Waals surface area contributed by atoms with Gasteiger partial charge in [0, 0.05) is 40.8 Å². The highest BCUT2D eigenvalue weighted by Crippen LogP contribution is 2.12. The topological polar surface area (TPSA) is 71.9 Å². The highest BCUT2D eigenvalue weighted by Gasteiger charge is 2.25. The molecule has 1 saturated heterocycles. The summed E-state index contributed by atoms with van der Waals surface area (Å²) in [5, 5.41) is 3.40. The Labute approximate surface area is 166 Å². The first kappa shape index (κ1) is 20.2. The first-order valence-corrected chi connectivity index (χ1v) is 9.50. The molecule has 1 aromatic heterocycles. The molecule has 1 unspecified atom stereocenters. The number of morpholine rings is 1. The van der Waals surface area contributed by atoms with Crippen molar-refractivity contribution in [3.63, 3.8) is 0 Å². The van der Waals surface area contributed by atoms with Crippen molar-refractivity contribution in [3.05, 3.63) is 47.8 Å². The largest absolute Gasteiger partial charge is 0.445 e. The standard InChI is InChI=1S/C20H29N5O3/c1-23(2)19-22-12-17(24(19)3)11-21-13-18-14-25(9-10-27-18)20(26)28-15-16-7-5-4-6-8-16/h4-8,12,18,21H,9-11,13-15H2,1-3H3. The number of hydrogen-bond donors (Lipinski definition) is 1. The van der Waals surface area contributed by atoms with Crippen molar-refractivity contribution in [2.45, 2.75) is 19.3 Å². The van der Waals surface area contributed by atoms with Crippen molar-refractivity contribution < 1.29 is 14.3 Å². The van der Waals surface area contributed by atoms with Crippen molar-refractivity contribution in [3.8, 4) is 0 Å². The molecular weight excluding hydrogens is 358 g/mol. The van der Waals surface area contributed by atoms with Crippen LogP contribution in [0.3, 0.4) is 0 Å². The van der Waals surface area contributed by atoms with Crippen LogP contribution in [0, 0.1) is 0 Å². The lowest BCUT2D eigenvalue weighted by Gasteiger charge is -2.32. The molecule has 1 N–H and O–H groups in total. The van der Waals surface area contributed by atoms with Gasteiger partial charge >= 0.3 is 6.09 Å². The summed E-state index contributed by atoms with van der Waals surface area (Å²) in [5.41, 5.74) is 2.08. The number of amides is 1. The van der Waals surface area contributed by atoms with Crippen LogP contribution < -0.4 is 10.2 Å². The number of carbonyl (C=O) groups excluding carboxylic acids is 1. The molecule has 8 heteroatoms. The van der Waals surface area contributed by atoms with Crippen LogP contribution in [0.4, 0.5) is 10.7 Å². The van der Waals surface area contributed by atoms with E-state index >= 15 is 0 Å². The van der Waals surface area contributed by atoms with Gasteiger partial charge in [-0.2, -0.15) is 0 Å². The zero-order valence-electron chi connectivity index (χ0n) is 16.8. The first-order valence-electron chi connectivity index (χ1n) is 9.50. The molecule has 0 aliphatic carbocycles. The average Bonchev–Trinajstić information content (AvgIpc) is 3.08. The SMILES string of the molecule is CN(C)c1ncc(CNCC2CN(C(=O)OCc3ccccc3)CCO2)n1C. The predicted molar refractivity (Wildman–Crippen MR) is 107 cm³/mol. The summed E-state index contributed by atoms with van der Waals surface area (Å²) < 4.78 is 13.3. The number of nitrogens with one attached hydrogen (secondary N) is 1. The minimum absolute atomic E-state index is 0.0560. The quantitative estimate of drug-likeness (QED) is 0.778. The van der Waals surface area contributed by atoms with Crippen molar-refractivity contribution in [2.75, 3.05) is 45.2 Å². The zero-order valence-corrected chi connectivity index (χ0v) is 16.8. The molecule has 1 amide bonds. The molecule has 1 aromatic carbocycles. The number of carbonyl (C=O) groups is 1. The van der Waals surface area contributed by atoms with Gasteiger partial charge < -0.3 is 29.2 Å². The maximum atomic E-state index is 12.3. The Kier molecular flexibility index (Phi) is 6.89. The van der Waals surface area contributed by atoms with Gasteiger partial charge in [0.05, 0.1) is 31.1 Å². The lowest BCUT2D eigenvalue weighted by Crippen LogP contribution is -2.49. The van der Waals surface area contributed by atoms with Gasteiger partial charge in [0.2, 0.25) is 5.95 Å². The van der Waals surface area contributed by atoms with Gasteiger partial charge in [-0.1, -0.05) is 30.3 Å². The van der Waals surface area contributed by atoms with E-state index in [-0.39, 0.29) is 18.8 Å². The van der Waals surface area contributed by atoms with E-state index < -0.39 is 0 Å². The number of hydrogen-bond acceptors (Lipinski definition) is 6. The van der Waals surface area contributed by atoms with Crippen LogP contribution in [0.15, 0.2) is 36.5 Å². The van der Waals surface area contributed by atoms with Crippen molar-refractivity contribution in [2.24, 2.45) is 7.05 Å². The summed E-state index contributed by atoms with van der Waals surface area (Å²) in [6.07, 6.45) is 1.52. The highest BCUT2D eigenvalue weighted by atomic mass is 16.6. The second-order valence-electron chi connectivity index (χ2n) is 7.11. The molecule has 1 aliphatic rings. The Balaban J connectivity index is 1.42. The van der Waals surface area contributed by atoms with Gasteiger partial charge in [-0.25, -0.2) is 9.78 Å². The van der Waals surface area contributed by atoms with E-state index in [1.54, 1.807) is 4.90 Å². The third kappa shape index (κ3) is 5.24. The summed E-state index contributed by atoms with van der Waals surface area (Å²) in [7, 11) is 5.95. The summed E-state index contributed by atoms with van der Waals surface area (Å²) in [6.45, 7) is 3.23. The first-order chi connectivity index (χ1) is 13.5. The van der Waals surface area contributed by atoms with Gasteiger partial charge in [0.15, 0.2) is 0 Å². The monoisotopic (exact) mass is 387 g/mol. The van der Waals surface area contributed by atoms with Crippen LogP contribution in [-0.4, -0.2) is 67.0 Å². The van der Waals surface area contributed by atoms with Crippen LogP contribution in [0.5, 0.6) is 0 Å². The molecule has 1 fully saturated rings. The zero-order chi connectivity index (χ0) is 19.9. The summed E-state index contributed by atoms with van der Waals surface area (Å²) in [4.78, 5) is 20.4. The smallest absolute Gasteiger partial charge is 0.410 e. The molecule has 28 heavy (non-hydrogen) atoms. The average molecular weight is 387 g/mol. The van der Waals surface area contributed by atoms with E-state index in [2.05, 4.69) is 14.9 Å². The molecule has 1 aliphatic heterocycles. The van der Waals surface area contributed by atoms with Crippen LogP contribution >= 0.6 is 0 Å². The Bertz CT molecular complexity index is 762. The maximum Gasteiger partial charge on any atom is 0.410 e. The van der Waals surface area contributed by atoms with Crippen LogP contribution in [0.25, 0.3) is 0 Å². The lowest BCUT2D eigenvalue weighted by atomic mass is 10.2. The number of aromatic nitrogens is 2. The fourth-order valence-corrected chi connectivity index (χ4v) is 3.19. The molecule has 8 nitrogen and oxygen atoms in total. The number of ether oxygens (including phenoxy) is 2. The lowest BCUT2D eigenvalue weighted by molar-refractivity contribution is -0.0271. The molecular formula is C20H29N5O3. The Hall–Kier alpha value is -2.58. The van der Waals surface area contributed by atoms with Gasteiger partial charge in [0.25, 0.3) is 0 Å². The maximum absolute atomic E-state index is 12.3. The van der Waals surface area contributed by atoms with E-state index in [4.69, 9.17) is 9.47 Å². The predicted octanol–water partition coefficient (Wildman–Crippen LogP) is 1.61. The van der Waals surface area contributed by atoms with Crippen molar-refractivity contribution >= 4 is 12.0 Å². The number of nitrogens with zero attached hydrogens (tertiary/aromatic N) is 4. The van der Waals surface area contributed by atoms with E-state index in [0.29, 0.717) is 32.8 Å². The normalized spacial score (nSPS) is 16.8. The third-order valence-electron chi connectivity index (χ3n) is 4.74.